The smallest absolute Gasteiger partial charge is 0.457 e. The van der Waals surface area contributed by atoms with E-state index in [9.17, 15) is 39.8 Å². The van der Waals surface area contributed by atoms with Gasteiger partial charge in [0.25, 0.3) is 0 Å². The van der Waals surface area contributed by atoms with Gasteiger partial charge in [-0.15, -0.1) is 0 Å². The van der Waals surface area contributed by atoms with Crippen molar-refractivity contribution in [2.75, 3.05) is 19.8 Å². The Kier molecular flexibility index (Phi) is 38.1. The number of ether oxygens (including phenoxy) is 2. The average molecular weight is 905 g/mol. The van der Waals surface area contributed by atoms with E-state index in [0.717, 1.165) is 57.8 Å². The molecule has 0 aromatic carbocycles. The Hall–Kier alpha value is -1.18. The predicted molar refractivity (Wildman–Crippen MR) is 249 cm³/mol. The third-order valence-electron chi connectivity index (χ3n) is 11.8. The van der Waals surface area contributed by atoms with Gasteiger partial charge in [0.1, 0.15) is 42.7 Å². The third-order valence-corrected chi connectivity index (χ3v) is 12.8. The molecule has 0 aliphatic heterocycles. The Bertz CT molecular complexity index is 1120. The van der Waals surface area contributed by atoms with Gasteiger partial charge < -0.3 is 39.9 Å². The van der Waals surface area contributed by atoms with Crippen LogP contribution in [0.25, 0.3) is 0 Å². The molecule has 62 heavy (non-hydrogen) atoms. The fourth-order valence-electron chi connectivity index (χ4n) is 7.76. The molecule has 0 saturated heterocycles. The monoisotopic (exact) mass is 905 g/mol. The zero-order valence-electron chi connectivity index (χ0n) is 39.2. The molecule has 1 aliphatic carbocycles. The second kappa shape index (κ2) is 40.1. The Labute approximate surface area is 377 Å². The summed E-state index contributed by atoms with van der Waals surface area (Å²) in [5.74, 6) is -0.484. The van der Waals surface area contributed by atoms with E-state index >= 15 is 0 Å². The lowest BCUT2D eigenvalue weighted by Crippen LogP contribution is -2.64. The molecule has 1 fully saturated rings. The molecule has 0 radical (unpaired) electrons. The second-order valence-corrected chi connectivity index (χ2v) is 19.1. The molecule has 6 atom stereocenters. The molecule has 1 aliphatic rings. The first-order chi connectivity index (χ1) is 30.0. The van der Waals surface area contributed by atoms with Gasteiger partial charge in [-0.3, -0.25) is 13.8 Å². The summed E-state index contributed by atoms with van der Waals surface area (Å²) < 4.78 is 34.3. The summed E-state index contributed by atoms with van der Waals surface area (Å²) in [6, 6.07) is 0. The number of hydrogen-bond acceptors (Lipinski definition) is 11. The molecule has 0 aromatic rings. The van der Waals surface area contributed by atoms with Gasteiger partial charge in [-0.1, -0.05) is 173 Å². The molecule has 0 spiro atoms. The summed E-state index contributed by atoms with van der Waals surface area (Å²) in [5, 5.41) is 50.3. The van der Waals surface area contributed by atoms with Gasteiger partial charge in [0.15, 0.2) is 0 Å². The summed E-state index contributed by atoms with van der Waals surface area (Å²) in [4.78, 5) is 23.2. The minimum Gasteiger partial charge on any atom is -0.457 e. The van der Waals surface area contributed by atoms with Crippen LogP contribution >= 0.6 is 7.82 Å². The van der Waals surface area contributed by atoms with Crippen molar-refractivity contribution < 1.29 is 58.3 Å². The molecule has 6 N–H and O–H groups in total. The maximum atomic E-state index is 12.8. The van der Waals surface area contributed by atoms with Gasteiger partial charge in [-0.2, -0.15) is 0 Å². The standard InChI is InChI=1S/C49H93O12P/c1-3-5-7-9-11-13-15-17-19-21-22-23-25-27-29-31-33-35-37-39-58-40-42(41-59-62(56,57)61-49-47(54)45(52)44(51)46(53)48(49)55)60-43(50)38-36-34-32-30-28-26-24-20-18-16-14-12-10-8-6-4-2/h19-21,24,42,44-49,51-55H,3-18,22-23,25-41H2,1-2H3,(H,56,57)/b21-19-,24-20-. The molecule has 12 nitrogen and oxygen atoms in total. The number of allylic oxidation sites excluding steroid dienone is 4. The van der Waals surface area contributed by atoms with Crippen LogP contribution in [0.4, 0.5) is 0 Å². The molecule has 366 valence electrons. The minimum absolute atomic E-state index is 0.0794. The van der Waals surface area contributed by atoms with Crippen LogP contribution in [0.2, 0.25) is 0 Å². The number of rotatable bonds is 43. The summed E-state index contributed by atoms with van der Waals surface area (Å²) in [5.41, 5.74) is 0. The molecule has 0 amide bonds. The van der Waals surface area contributed by atoms with Crippen LogP contribution in [0.1, 0.15) is 219 Å². The van der Waals surface area contributed by atoms with E-state index in [0.29, 0.717) is 13.0 Å². The fraction of sp³-hybridized carbons (Fsp3) is 0.898. The Morgan fingerprint density at radius 1 is 0.500 bits per heavy atom. The number of aliphatic hydroxyl groups excluding tert-OH is 5. The van der Waals surface area contributed by atoms with Crippen molar-refractivity contribution in [1.29, 1.82) is 0 Å². The van der Waals surface area contributed by atoms with E-state index in [1.807, 2.05) is 0 Å². The zero-order chi connectivity index (χ0) is 45.5. The second-order valence-electron chi connectivity index (χ2n) is 17.7. The van der Waals surface area contributed by atoms with Gasteiger partial charge >= 0.3 is 13.8 Å². The number of phosphoric acid groups is 1. The first kappa shape index (κ1) is 58.8. The van der Waals surface area contributed by atoms with Gasteiger partial charge in [0, 0.05) is 13.0 Å². The number of hydrogen-bond donors (Lipinski definition) is 6. The number of phosphoric ester groups is 1. The number of unbranched alkanes of at least 4 members (excludes halogenated alkanes) is 27. The minimum atomic E-state index is -5.02. The highest BCUT2D eigenvalue weighted by Crippen LogP contribution is 2.47. The van der Waals surface area contributed by atoms with Crippen molar-refractivity contribution in [2.24, 2.45) is 0 Å². The van der Waals surface area contributed by atoms with Gasteiger partial charge in [-0.25, -0.2) is 4.57 Å². The molecule has 1 rings (SSSR count). The van der Waals surface area contributed by atoms with Gasteiger partial charge in [0.2, 0.25) is 0 Å². The van der Waals surface area contributed by atoms with Crippen molar-refractivity contribution in [2.45, 2.75) is 262 Å². The summed E-state index contributed by atoms with van der Waals surface area (Å²) in [7, 11) is -5.02. The SMILES string of the molecule is CCCCCCCCC/C=C\CCCCCCCCCCOCC(COP(=O)(O)OC1C(O)C(O)C(O)C(O)C1O)OC(=O)CCCCCCC/C=C\CCCCCCCCC. The van der Waals surface area contributed by atoms with Crippen molar-refractivity contribution >= 4 is 13.8 Å². The molecule has 0 aromatic heterocycles. The molecule has 0 bridgehead atoms. The topological polar surface area (TPSA) is 192 Å². The highest BCUT2D eigenvalue weighted by atomic mass is 31.2. The summed E-state index contributed by atoms with van der Waals surface area (Å²) in [6.45, 7) is 4.26. The van der Waals surface area contributed by atoms with Crippen LogP contribution in [0, 0.1) is 0 Å². The molecular formula is C49H93O12P. The van der Waals surface area contributed by atoms with E-state index in [-0.39, 0.29) is 13.0 Å². The Balaban J connectivity index is 2.36. The van der Waals surface area contributed by atoms with Crippen molar-refractivity contribution in [1.82, 2.24) is 0 Å². The van der Waals surface area contributed by atoms with Gasteiger partial charge in [-0.05, 0) is 64.2 Å². The van der Waals surface area contributed by atoms with Crippen molar-refractivity contribution in [3.05, 3.63) is 24.3 Å². The maximum Gasteiger partial charge on any atom is 0.472 e. The number of esters is 1. The lowest BCUT2D eigenvalue weighted by molar-refractivity contribution is -0.220. The molecule has 6 unspecified atom stereocenters. The largest absolute Gasteiger partial charge is 0.472 e. The quantitative estimate of drug-likeness (QED) is 0.0147. The van der Waals surface area contributed by atoms with E-state index in [1.54, 1.807) is 0 Å². The van der Waals surface area contributed by atoms with E-state index in [2.05, 4.69) is 38.2 Å². The van der Waals surface area contributed by atoms with Crippen LogP contribution in [0.5, 0.6) is 0 Å². The van der Waals surface area contributed by atoms with Crippen LogP contribution in [0.3, 0.4) is 0 Å². The highest BCUT2D eigenvalue weighted by molar-refractivity contribution is 7.47. The zero-order valence-corrected chi connectivity index (χ0v) is 40.1. The summed E-state index contributed by atoms with van der Waals surface area (Å²) in [6.07, 6.45) is 33.8. The van der Waals surface area contributed by atoms with Crippen LogP contribution < -0.4 is 0 Å². The number of carbonyl (C=O) groups excluding carboxylic acids is 1. The van der Waals surface area contributed by atoms with Crippen LogP contribution in [-0.2, 0) is 27.9 Å². The van der Waals surface area contributed by atoms with Crippen LogP contribution in [0.15, 0.2) is 24.3 Å². The fourth-order valence-corrected chi connectivity index (χ4v) is 8.73. The number of aliphatic hydroxyl groups is 5. The first-order valence-electron chi connectivity index (χ1n) is 25.2. The van der Waals surface area contributed by atoms with Gasteiger partial charge in [0.05, 0.1) is 13.2 Å². The predicted octanol–water partition coefficient (Wildman–Crippen LogP) is 10.9. The Morgan fingerprint density at radius 3 is 1.27 bits per heavy atom. The molecular weight excluding hydrogens is 812 g/mol. The van der Waals surface area contributed by atoms with E-state index in [1.165, 1.54) is 135 Å². The van der Waals surface area contributed by atoms with Crippen molar-refractivity contribution in [3.8, 4) is 0 Å². The summed E-state index contributed by atoms with van der Waals surface area (Å²) >= 11 is 0. The first-order valence-corrected chi connectivity index (χ1v) is 26.7. The van der Waals surface area contributed by atoms with Crippen LogP contribution in [-0.4, -0.2) is 98.9 Å². The number of carbonyl (C=O) groups is 1. The molecule has 1 saturated carbocycles. The highest BCUT2D eigenvalue weighted by Gasteiger charge is 2.51. The molecule has 13 heteroatoms. The molecule has 0 heterocycles. The van der Waals surface area contributed by atoms with Crippen molar-refractivity contribution in [3.63, 3.8) is 0 Å². The third kappa shape index (κ3) is 31.7. The van der Waals surface area contributed by atoms with E-state index in [4.69, 9.17) is 18.5 Å². The maximum absolute atomic E-state index is 12.8. The van der Waals surface area contributed by atoms with E-state index < -0.39 is 63.1 Å². The average Bonchev–Trinajstić information content (AvgIpc) is 3.26. The lowest BCUT2D eigenvalue weighted by Gasteiger charge is -2.41. The Morgan fingerprint density at radius 2 is 0.855 bits per heavy atom. The lowest BCUT2D eigenvalue weighted by atomic mass is 9.85. The normalized spacial score (nSPS) is 22.1.